The van der Waals surface area contributed by atoms with Gasteiger partial charge in [-0.25, -0.2) is 9.97 Å². The standard InChI is InChI=1S/C17H27N5O/c1-18-17-19-11-14(12-20-17)16(23)22-9-6-13(7-10-22)15-5-3-4-8-21(15)2/h11-13,15H,3-10H2,1-2H3,(H,18,19,20). The number of aromatic nitrogens is 2. The SMILES string of the molecule is CNc1ncc(C(=O)N2CCC(C3CCCCN3C)CC2)cn1. The van der Waals surface area contributed by atoms with Crippen molar-refractivity contribution in [2.75, 3.05) is 39.0 Å². The van der Waals surface area contributed by atoms with E-state index in [0.717, 1.165) is 31.8 Å². The summed E-state index contributed by atoms with van der Waals surface area (Å²) >= 11 is 0. The molecule has 0 aromatic carbocycles. The number of amides is 1. The molecule has 6 heteroatoms. The zero-order valence-electron chi connectivity index (χ0n) is 14.2. The molecule has 1 aromatic heterocycles. The van der Waals surface area contributed by atoms with Gasteiger partial charge in [-0.1, -0.05) is 6.42 Å². The molecular weight excluding hydrogens is 290 g/mol. The van der Waals surface area contributed by atoms with Crippen LogP contribution >= 0.6 is 0 Å². The van der Waals surface area contributed by atoms with Crippen LogP contribution in [-0.4, -0.2) is 65.4 Å². The number of rotatable bonds is 3. The largest absolute Gasteiger partial charge is 0.357 e. The quantitative estimate of drug-likeness (QED) is 0.922. The van der Waals surface area contributed by atoms with Gasteiger partial charge in [0.15, 0.2) is 0 Å². The Morgan fingerprint density at radius 2 is 1.83 bits per heavy atom. The molecule has 1 N–H and O–H groups in total. The number of hydrogen-bond donors (Lipinski definition) is 1. The van der Waals surface area contributed by atoms with Gasteiger partial charge in [0.05, 0.1) is 5.56 Å². The highest BCUT2D eigenvalue weighted by molar-refractivity contribution is 5.93. The third kappa shape index (κ3) is 3.63. The molecular formula is C17H27N5O. The summed E-state index contributed by atoms with van der Waals surface area (Å²) in [7, 11) is 4.02. The van der Waals surface area contributed by atoms with Crippen LogP contribution in [-0.2, 0) is 0 Å². The monoisotopic (exact) mass is 317 g/mol. The first-order valence-electron chi connectivity index (χ1n) is 8.68. The molecule has 126 valence electrons. The maximum Gasteiger partial charge on any atom is 0.256 e. The van der Waals surface area contributed by atoms with Gasteiger partial charge in [-0.05, 0) is 45.2 Å². The molecule has 6 nitrogen and oxygen atoms in total. The van der Waals surface area contributed by atoms with E-state index < -0.39 is 0 Å². The molecule has 2 fully saturated rings. The molecule has 0 radical (unpaired) electrons. The van der Waals surface area contributed by atoms with Crippen molar-refractivity contribution in [3.8, 4) is 0 Å². The Morgan fingerprint density at radius 1 is 1.13 bits per heavy atom. The molecule has 1 atom stereocenters. The van der Waals surface area contributed by atoms with E-state index in [2.05, 4.69) is 27.2 Å². The minimum atomic E-state index is 0.0584. The lowest BCUT2D eigenvalue weighted by Gasteiger charge is -2.42. The summed E-state index contributed by atoms with van der Waals surface area (Å²) in [6.07, 6.45) is 9.43. The Kier molecular flexibility index (Phi) is 5.10. The Morgan fingerprint density at radius 3 is 2.43 bits per heavy atom. The van der Waals surface area contributed by atoms with E-state index in [1.807, 2.05) is 4.90 Å². The highest BCUT2D eigenvalue weighted by Crippen LogP contribution is 2.29. The van der Waals surface area contributed by atoms with Gasteiger partial charge in [-0.2, -0.15) is 0 Å². The van der Waals surface area contributed by atoms with E-state index in [1.165, 1.54) is 25.8 Å². The van der Waals surface area contributed by atoms with Crippen LogP contribution in [0.4, 0.5) is 5.95 Å². The molecule has 0 saturated carbocycles. The number of carbonyl (C=O) groups is 1. The van der Waals surface area contributed by atoms with Crippen LogP contribution in [0.2, 0.25) is 0 Å². The van der Waals surface area contributed by atoms with Crippen molar-refractivity contribution >= 4 is 11.9 Å². The number of hydrogen-bond acceptors (Lipinski definition) is 5. The summed E-state index contributed by atoms with van der Waals surface area (Å²) < 4.78 is 0. The van der Waals surface area contributed by atoms with Crippen LogP contribution in [0.3, 0.4) is 0 Å². The number of nitrogens with one attached hydrogen (secondary N) is 1. The molecule has 0 aliphatic carbocycles. The minimum Gasteiger partial charge on any atom is -0.357 e. The van der Waals surface area contributed by atoms with Crippen molar-refractivity contribution in [1.82, 2.24) is 19.8 Å². The van der Waals surface area contributed by atoms with Gasteiger partial charge >= 0.3 is 0 Å². The maximum absolute atomic E-state index is 12.6. The van der Waals surface area contributed by atoms with Crippen molar-refractivity contribution in [1.29, 1.82) is 0 Å². The average molecular weight is 317 g/mol. The molecule has 0 spiro atoms. The molecule has 1 amide bonds. The lowest BCUT2D eigenvalue weighted by molar-refractivity contribution is 0.0554. The van der Waals surface area contributed by atoms with Gasteiger partial charge in [0.25, 0.3) is 5.91 Å². The van der Waals surface area contributed by atoms with Crippen molar-refractivity contribution in [3.05, 3.63) is 18.0 Å². The summed E-state index contributed by atoms with van der Waals surface area (Å²) in [6.45, 7) is 2.92. The van der Waals surface area contributed by atoms with Crippen LogP contribution in [0.15, 0.2) is 12.4 Å². The van der Waals surface area contributed by atoms with Gasteiger partial charge in [-0.15, -0.1) is 0 Å². The van der Waals surface area contributed by atoms with E-state index in [-0.39, 0.29) is 5.91 Å². The molecule has 1 aromatic rings. The van der Waals surface area contributed by atoms with Crippen LogP contribution in [0, 0.1) is 5.92 Å². The molecule has 3 rings (SSSR count). The summed E-state index contributed by atoms with van der Waals surface area (Å²) in [5.74, 6) is 1.33. The van der Waals surface area contributed by atoms with E-state index in [4.69, 9.17) is 0 Å². The highest BCUT2D eigenvalue weighted by Gasteiger charge is 2.32. The smallest absolute Gasteiger partial charge is 0.256 e. The van der Waals surface area contributed by atoms with Gasteiger partial charge in [0, 0.05) is 38.6 Å². The fourth-order valence-electron chi connectivity index (χ4n) is 3.93. The third-order valence-corrected chi connectivity index (χ3v) is 5.32. The third-order valence-electron chi connectivity index (χ3n) is 5.32. The van der Waals surface area contributed by atoms with E-state index in [9.17, 15) is 4.79 Å². The Bertz CT molecular complexity index is 524. The zero-order valence-corrected chi connectivity index (χ0v) is 14.2. The fraction of sp³-hybridized carbons (Fsp3) is 0.706. The Hall–Kier alpha value is -1.69. The predicted molar refractivity (Wildman–Crippen MR) is 90.5 cm³/mol. The molecule has 2 aliphatic heterocycles. The predicted octanol–water partition coefficient (Wildman–Crippen LogP) is 1.85. The molecule has 2 saturated heterocycles. The number of likely N-dealkylation sites (tertiary alicyclic amines) is 2. The second-order valence-electron chi connectivity index (χ2n) is 6.72. The lowest BCUT2D eigenvalue weighted by atomic mass is 9.84. The van der Waals surface area contributed by atoms with Crippen molar-refractivity contribution in [2.24, 2.45) is 5.92 Å². The molecule has 0 bridgehead atoms. The number of carbonyl (C=O) groups excluding carboxylic acids is 1. The molecule has 2 aliphatic rings. The first-order chi connectivity index (χ1) is 11.2. The van der Waals surface area contributed by atoms with Crippen molar-refractivity contribution in [2.45, 2.75) is 38.1 Å². The Labute approximate surface area is 138 Å². The van der Waals surface area contributed by atoms with Crippen LogP contribution in [0.1, 0.15) is 42.5 Å². The first kappa shape index (κ1) is 16.2. The van der Waals surface area contributed by atoms with Crippen molar-refractivity contribution < 1.29 is 4.79 Å². The summed E-state index contributed by atoms with van der Waals surface area (Å²) in [4.78, 5) is 25.3. The van der Waals surface area contributed by atoms with Gasteiger partial charge in [0.2, 0.25) is 5.95 Å². The van der Waals surface area contributed by atoms with Crippen molar-refractivity contribution in [3.63, 3.8) is 0 Å². The maximum atomic E-state index is 12.6. The van der Waals surface area contributed by atoms with Crippen LogP contribution < -0.4 is 5.32 Å². The van der Waals surface area contributed by atoms with Crippen LogP contribution in [0.5, 0.6) is 0 Å². The molecule has 1 unspecified atom stereocenters. The average Bonchev–Trinajstić information content (AvgIpc) is 2.62. The lowest BCUT2D eigenvalue weighted by Crippen LogP contribution is -2.47. The summed E-state index contributed by atoms with van der Waals surface area (Å²) in [6, 6.07) is 0.708. The normalized spacial score (nSPS) is 23.7. The number of anilines is 1. The van der Waals surface area contributed by atoms with E-state index in [0.29, 0.717) is 17.6 Å². The van der Waals surface area contributed by atoms with Gasteiger partial charge in [-0.3, -0.25) is 4.79 Å². The van der Waals surface area contributed by atoms with E-state index in [1.54, 1.807) is 19.4 Å². The fourth-order valence-corrected chi connectivity index (χ4v) is 3.93. The number of nitrogens with zero attached hydrogens (tertiary/aromatic N) is 4. The summed E-state index contributed by atoms with van der Waals surface area (Å²) in [5, 5.41) is 2.87. The van der Waals surface area contributed by atoms with E-state index >= 15 is 0 Å². The number of piperidine rings is 2. The highest BCUT2D eigenvalue weighted by atomic mass is 16.2. The Balaban J connectivity index is 1.56. The van der Waals surface area contributed by atoms with Gasteiger partial charge in [0.1, 0.15) is 0 Å². The second kappa shape index (κ2) is 7.25. The molecule has 23 heavy (non-hydrogen) atoms. The van der Waals surface area contributed by atoms with Crippen LogP contribution in [0.25, 0.3) is 0 Å². The topological polar surface area (TPSA) is 61.4 Å². The zero-order chi connectivity index (χ0) is 16.2. The first-order valence-corrected chi connectivity index (χ1v) is 8.68. The second-order valence-corrected chi connectivity index (χ2v) is 6.72. The summed E-state index contributed by atoms with van der Waals surface area (Å²) in [5.41, 5.74) is 0.581. The molecule has 3 heterocycles. The minimum absolute atomic E-state index is 0.0584. The van der Waals surface area contributed by atoms with Gasteiger partial charge < -0.3 is 15.1 Å².